The van der Waals surface area contributed by atoms with Gasteiger partial charge in [0.15, 0.2) is 17.1 Å². The van der Waals surface area contributed by atoms with Crippen LogP contribution in [-0.4, -0.2) is 26.0 Å². The number of carbonyl (C=O) groups is 1. The Labute approximate surface area is 152 Å². The molecule has 9 heteroatoms. The number of nitrogens with zero attached hydrogens (tertiary/aromatic N) is 3. The van der Waals surface area contributed by atoms with Crippen molar-refractivity contribution in [3.05, 3.63) is 41.9 Å². The molecular formula is C18H15F3N4O2. The lowest BCUT2D eigenvalue weighted by Gasteiger charge is -2.22. The van der Waals surface area contributed by atoms with Crippen molar-refractivity contribution in [2.45, 2.75) is 32.0 Å². The molecular weight excluding hydrogens is 361 g/mol. The number of hydrogen-bond donors (Lipinski definition) is 1. The van der Waals surface area contributed by atoms with E-state index in [2.05, 4.69) is 21.3 Å². The molecule has 0 aliphatic carbocycles. The van der Waals surface area contributed by atoms with Gasteiger partial charge in [-0.2, -0.15) is 18.3 Å². The van der Waals surface area contributed by atoms with Crippen molar-refractivity contribution >= 4 is 11.6 Å². The predicted molar refractivity (Wildman–Crippen MR) is 90.7 cm³/mol. The van der Waals surface area contributed by atoms with Gasteiger partial charge in [0, 0.05) is 0 Å². The van der Waals surface area contributed by atoms with E-state index in [-0.39, 0.29) is 22.7 Å². The smallest absolute Gasteiger partial charge is 0.433 e. The summed E-state index contributed by atoms with van der Waals surface area (Å²) in [7, 11) is 0. The maximum absolute atomic E-state index is 13.5. The highest BCUT2D eigenvalue weighted by atomic mass is 19.4. The summed E-state index contributed by atoms with van der Waals surface area (Å²) in [5.41, 5.74) is -2.46. The fourth-order valence-corrected chi connectivity index (χ4v) is 2.42. The molecule has 140 valence electrons. The molecule has 1 unspecified atom stereocenters. The second kappa shape index (κ2) is 6.46. The molecule has 0 bridgehead atoms. The number of terminal acetylenes is 1. The van der Waals surface area contributed by atoms with Crippen LogP contribution in [0.2, 0.25) is 0 Å². The standard InChI is InChI=1S/C18H15F3N4O2/c1-4-17(3,5-2)24-16(26)11-10-22-25-14(18(19,20)21)9-12(23-15(11)25)13-7-6-8-27-13/h1,6-10H,5H2,2-3H3,(H,24,26). The molecule has 0 aliphatic heterocycles. The van der Waals surface area contributed by atoms with Gasteiger partial charge in [0.2, 0.25) is 0 Å². The highest BCUT2D eigenvalue weighted by molar-refractivity contribution is 6.00. The van der Waals surface area contributed by atoms with Crippen LogP contribution < -0.4 is 5.32 Å². The Morgan fingerprint density at radius 2 is 2.19 bits per heavy atom. The van der Waals surface area contributed by atoms with Crippen molar-refractivity contribution in [1.82, 2.24) is 19.9 Å². The molecule has 0 fully saturated rings. The van der Waals surface area contributed by atoms with E-state index >= 15 is 0 Å². The fraction of sp³-hybridized carbons (Fsp3) is 0.278. The van der Waals surface area contributed by atoms with Gasteiger partial charge >= 0.3 is 6.18 Å². The molecule has 6 nitrogen and oxygen atoms in total. The van der Waals surface area contributed by atoms with Crippen LogP contribution in [0.3, 0.4) is 0 Å². The van der Waals surface area contributed by atoms with E-state index in [0.29, 0.717) is 10.9 Å². The second-order valence-corrected chi connectivity index (χ2v) is 6.08. The van der Waals surface area contributed by atoms with Gasteiger partial charge in [-0.25, -0.2) is 9.50 Å². The number of carbonyl (C=O) groups excluding carboxylic acids is 1. The lowest BCUT2D eigenvalue weighted by molar-refractivity contribution is -0.142. The number of amides is 1. The maximum Gasteiger partial charge on any atom is 0.433 e. The third kappa shape index (κ3) is 3.38. The quantitative estimate of drug-likeness (QED) is 0.707. The number of fused-ring (bicyclic) bond motifs is 1. The van der Waals surface area contributed by atoms with Gasteiger partial charge in [-0.05, 0) is 31.5 Å². The van der Waals surface area contributed by atoms with Crippen LogP contribution in [0.15, 0.2) is 35.1 Å². The van der Waals surface area contributed by atoms with E-state index in [1.807, 2.05) is 0 Å². The molecule has 0 saturated heterocycles. The van der Waals surface area contributed by atoms with Crippen LogP contribution in [0.1, 0.15) is 36.3 Å². The monoisotopic (exact) mass is 376 g/mol. The molecule has 0 spiro atoms. The van der Waals surface area contributed by atoms with Crippen molar-refractivity contribution in [1.29, 1.82) is 0 Å². The van der Waals surface area contributed by atoms with Gasteiger partial charge in [0.1, 0.15) is 11.3 Å². The molecule has 0 radical (unpaired) electrons. The third-order valence-electron chi connectivity index (χ3n) is 4.20. The van der Waals surface area contributed by atoms with Crippen LogP contribution in [0, 0.1) is 12.3 Å². The Kier molecular flexibility index (Phi) is 4.43. The number of halogens is 3. The average Bonchev–Trinajstić information content (AvgIpc) is 3.29. The molecule has 0 aromatic carbocycles. The zero-order valence-electron chi connectivity index (χ0n) is 14.5. The molecule has 3 aromatic rings. The molecule has 3 aromatic heterocycles. The number of nitrogens with one attached hydrogen (secondary N) is 1. The van der Waals surface area contributed by atoms with Crippen LogP contribution >= 0.6 is 0 Å². The first kappa shape index (κ1) is 18.5. The van der Waals surface area contributed by atoms with E-state index in [1.165, 1.54) is 18.4 Å². The number of rotatable bonds is 4. The summed E-state index contributed by atoms with van der Waals surface area (Å²) in [4.78, 5) is 16.8. The lowest BCUT2D eigenvalue weighted by Crippen LogP contribution is -2.44. The molecule has 3 rings (SSSR count). The van der Waals surface area contributed by atoms with E-state index in [9.17, 15) is 18.0 Å². The van der Waals surface area contributed by atoms with Crippen molar-refractivity contribution < 1.29 is 22.4 Å². The van der Waals surface area contributed by atoms with E-state index in [1.54, 1.807) is 13.8 Å². The first-order valence-corrected chi connectivity index (χ1v) is 7.98. The summed E-state index contributed by atoms with van der Waals surface area (Å²) < 4.78 is 46.2. The molecule has 0 aliphatic rings. The predicted octanol–water partition coefficient (Wildman–Crippen LogP) is 3.54. The molecule has 27 heavy (non-hydrogen) atoms. The van der Waals surface area contributed by atoms with Crippen molar-refractivity contribution in [2.75, 3.05) is 0 Å². The largest absolute Gasteiger partial charge is 0.463 e. The Balaban J connectivity index is 2.18. The van der Waals surface area contributed by atoms with Crippen molar-refractivity contribution in [2.24, 2.45) is 0 Å². The minimum absolute atomic E-state index is 0.0652. The van der Waals surface area contributed by atoms with E-state index < -0.39 is 23.3 Å². The Bertz CT molecular complexity index is 1030. The Hall–Kier alpha value is -3.28. The van der Waals surface area contributed by atoms with Gasteiger partial charge in [-0.15, -0.1) is 6.42 Å². The topological polar surface area (TPSA) is 72.4 Å². The number of furan rings is 1. The van der Waals surface area contributed by atoms with Gasteiger partial charge in [0.25, 0.3) is 5.91 Å². The summed E-state index contributed by atoms with van der Waals surface area (Å²) >= 11 is 0. The third-order valence-corrected chi connectivity index (χ3v) is 4.20. The summed E-state index contributed by atoms with van der Waals surface area (Å²) in [5.74, 6) is 1.94. The molecule has 1 N–H and O–H groups in total. The first-order chi connectivity index (χ1) is 12.7. The summed E-state index contributed by atoms with van der Waals surface area (Å²) in [6, 6.07) is 3.82. The highest BCUT2D eigenvalue weighted by Crippen LogP contribution is 2.32. The van der Waals surface area contributed by atoms with E-state index in [0.717, 1.165) is 12.3 Å². The normalized spacial score (nSPS) is 13.9. The van der Waals surface area contributed by atoms with Crippen molar-refractivity contribution in [3.63, 3.8) is 0 Å². The zero-order chi connectivity index (χ0) is 19.8. The number of alkyl halides is 3. The zero-order valence-corrected chi connectivity index (χ0v) is 14.5. The molecule has 1 amide bonds. The minimum atomic E-state index is -4.71. The van der Waals surface area contributed by atoms with Gasteiger partial charge in [-0.1, -0.05) is 12.8 Å². The Morgan fingerprint density at radius 3 is 2.74 bits per heavy atom. The molecule has 0 saturated carbocycles. The maximum atomic E-state index is 13.5. The fourth-order valence-electron chi connectivity index (χ4n) is 2.42. The SMILES string of the molecule is C#CC(C)(CC)NC(=O)c1cnn2c(C(F)(F)F)cc(-c3ccco3)nc12. The average molecular weight is 376 g/mol. The number of aromatic nitrogens is 3. The molecule has 3 heterocycles. The lowest BCUT2D eigenvalue weighted by atomic mass is 10.00. The van der Waals surface area contributed by atoms with Gasteiger partial charge in [-0.3, -0.25) is 4.79 Å². The van der Waals surface area contributed by atoms with Crippen LogP contribution in [0.4, 0.5) is 13.2 Å². The summed E-state index contributed by atoms with van der Waals surface area (Å²) in [6.07, 6.45) is 3.52. The Morgan fingerprint density at radius 1 is 1.44 bits per heavy atom. The van der Waals surface area contributed by atoms with Crippen molar-refractivity contribution in [3.8, 4) is 23.8 Å². The van der Waals surface area contributed by atoms with Gasteiger partial charge < -0.3 is 9.73 Å². The minimum Gasteiger partial charge on any atom is -0.463 e. The van der Waals surface area contributed by atoms with Crippen LogP contribution in [-0.2, 0) is 6.18 Å². The second-order valence-electron chi connectivity index (χ2n) is 6.08. The molecule has 1 atom stereocenters. The van der Waals surface area contributed by atoms with E-state index in [4.69, 9.17) is 10.8 Å². The summed E-state index contributed by atoms with van der Waals surface area (Å²) in [5, 5.41) is 6.33. The number of hydrogen-bond acceptors (Lipinski definition) is 4. The summed E-state index contributed by atoms with van der Waals surface area (Å²) in [6.45, 7) is 3.42. The first-order valence-electron chi connectivity index (χ1n) is 7.98. The van der Waals surface area contributed by atoms with Gasteiger partial charge in [0.05, 0.1) is 18.0 Å². The highest BCUT2D eigenvalue weighted by Gasteiger charge is 2.36. The van der Waals surface area contributed by atoms with Crippen LogP contribution in [0.5, 0.6) is 0 Å². The van der Waals surface area contributed by atoms with Crippen LogP contribution in [0.25, 0.3) is 17.1 Å².